The van der Waals surface area contributed by atoms with Crippen LogP contribution in [-0.4, -0.2) is 28.7 Å². The molecule has 0 fully saturated rings. The van der Waals surface area contributed by atoms with Gasteiger partial charge in [-0.05, 0) is 113 Å². The molecule has 6 heteroatoms. The first-order valence-electron chi connectivity index (χ1n) is 25.4. The van der Waals surface area contributed by atoms with Crippen LogP contribution in [0.2, 0.25) is 0 Å². The van der Waals surface area contributed by atoms with Crippen LogP contribution in [0.4, 0.5) is 0 Å². The van der Waals surface area contributed by atoms with Gasteiger partial charge < -0.3 is 13.7 Å². The zero-order valence-electron chi connectivity index (χ0n) is 40.6. The molecule has 15 aromatic rings. The second-order valence-corrected chi connectivity index (χ2v) is 19.2. The number of para-hydroxylation sites is 5. The van der Waals surface area contributed by atoms with Crippen LogP contribution in [-0.2, 0) is 0 Å². The van der Waals surface area contributed by atoms with E-state index in [-0.39, 0.29) is 0 Å². The zero-order valence-corrected chi connectivity index (χ0v) is 40.6. The summed E-state index contributed by atoms with van der Waals surface area (Å²) in [5.41, 5.74) is 17.5. The highest BCUT2D eigenvalue weighted by atomic mass is 15.0. The van der Waals surface area contributed by atoms with E-state index in [0.29, 0.717) is 17.5 Å². The number of rotatable bonds is 8. The van der Waals surface area contributed by atoms with Gasteiger partial charge in [0.2, 0.25) is 0 Å². The summed E-state index contributed by atoms with van der Waals surface area (Å²) in [5, 5.41) is 7.32. The average Bonchev–Trinajstić information content (AvgIpc) is 4.17. The lowest BCUT2D eigenvalue weighted by Gasteiger charge is -2.15. The number of nitrogens with zero attached hydrogens (tertiary/aromatic N) is 6. The van der Waals surface area contributed by atoms with Crippen LogP contribution in [0.5, 0.6) is 0 Å². The van der Waals surface area contributed by atoms with E-state index in [0.717, 1.165) is 66.9 Å². The van der Waals surface area contributed by atoms with Gasteiger partial charge in [0.15, 0.2) is 17.5 Å². The molecule has 0 aliphatic carbocycles. The van der Waals surface area contributed by atoms with Gasteiger partial charge in [0.05, 0.1) is 33.1 Å². The maximum absolute atomic E-state index is 5.21. The van der Waals surface area contributed by atoms with Gasteiger partial charge >= 0.3 is 0 Å². The van der Waals surface area contributed by atoms with Crippen LogP contribution in [0.15, 0.2) is 267 Å². The van der Waals surface area contributed by atoms with Gasteiger partial charge in [-0.25, -0.2) is 15.0 Å². The van der Waals surface area contributed by atoms with Crippen molar-refractivity contribution in [3.8, 4) is 73.5 Å². The van der Waals surface area contributed by atoms with Crippen molar-refractivity contribution < 1.29 is 0 Å². The number of hydrogen-bond acceptors (Lipinski definition) is 3. The first-order valence-corrected chi connectivity index (χ1v) is 25.4. The van der Waals surface area contributed by atoms with Gasteiger partial charge in [-0.15, -0.1) is 0 Å². The highest BCUT2D eigenvalue weighted by Gasteiger charge is 2.20. The summed E-state index contributed by atoms with van der Waals surface area (Å²) in [4.78, 5) is 15.5. The third-order valence-electron chi connectivity index (χ3n) is 14.9. The maximum atomic E-state index is 5.21. The zero-order chi connectivity index (χ0) is 49.4. The Morgan fingerprint density at radius 1 is 0.187 bits per heavy atom. The van der Waals surface area contributed by atoms with Crippen LogP contribution in [0, 0.1) is 0 Å². The Bertz CT molecular complexity index is 4570. The summed E-state index contributed by atoms with van der Waals surface area (Å²) in [7, 11) is 0. The molecule has 0 saturated carbocycles. The van der Waals surface area contributed by atoms with Crippen molar-refractivity contribution in [2.24, 2.45) is 0 Å². The van der Waals surface area contributed by atoms with Crippen molar-refractivity contribution in [2.45, 2.75) is 0 Å². The molecule has 4 heterocycles. The Balaban J connectivity index is 0.868. The van der Waals surface area contributed by atoms with E-state index in [1.807, 2.05) is 36.4 Å². The third-order valence-corrected chi connectivity index (χ3v) is 14.9. The SMILES string of the molecule is c1ccc(-c2nc(-c3ccccc3)nc(-c3cc(-c4ccc(-n5c6ccccc6c6cc(-c7ccc8c(c7)c7ccccc7n8-c7ccccc7)ccc65)cc4)cc(-n4c5ccccc5c5ccccc54)c3)n2)cc1. The molecule has 0 amide bonds. The van der Waals surface area contributed by atoms with E-state index in [1.54, 1.807) is 0 Å². The number of benzene rings is 11. The summed E-state index contributed by atoms with van der Waals surface area (Å²) in [5.74, 6) is 1.85. The summed E-state index contributed by atoms with van der Waals surface area (Å²) in [6.45, 7) is 0. The van der Waals surface area contributed by atoms with E-state index < -0.39 is 0 Å². The standard InChI is InChI=1S/C69H44N6/c1-4-18-46(19-5-1)67-70-68(47-20-6-2-7-21-47)72-69(71-67)51-40-50(41-54(42-51)75-61-28-14-10-24-55(61)56-25-11-15-29-62(56)75)45-32-36-53(37-33-45)74-64-31-17-13-27-58(64)60-44-49(35-39-66(60)74)48-34-38-65-59(43-48)57-26-12-16-30-63(57)73(65)52-22-8-3-9-23-52/h1-44H. The van der Waals surface area contributed by atoms with Crippen molar-refractivity contribution in [2.75, 3.05) is 0 Å². The van der Waals surface area contributed by atoms with Crippen molar-refractivity contribution in [3.05, 3.63) is 267 Å². The molecule has 0 radical (unpaired) electrons. The van der Waals surface area contributed by atoms with E-state index in [1.165, 1.54) is 54.5 Å². The van der Waals surface area contributed by atoms with Crippen LogP contribution in [0.3, 0.4) is 0 Å². The molecule has 4 aromatic heterocycles. The summed E-state index contributed by atoms with van der Waals surface area (Å²) >= 11 is 0. The Hall–Kier alpha value is -10.2. The summed E-state index contributed by atoms with van der Waals surface area (Å²) in [6, 6.07) is 95.4. The van der Waals surface area contributed by atoms with Gasteiger partial charge in [-0.3, -0.25) is 0 Å². The molecule has 11 aromatic carbocycles. The molecule has 0 atom stereocenters. The first-order chi connectivity index (χ1) is 37.2. The lowest BCUT2D eigenvalue weighted by atomic mass is 10.0. The van der Waals surface area contributed by atoms with Crippen LogP contribution in [0.1, 0.15) is 0 Å². The van der Waals surface area contributed by atoms with Gasteiger partial charge in [-0.2, -0.15) is 0 Å². The Morgan fingerprint density at radius 3 is 0.987 bits per heavy atom. The van der Waals surface area contributed by atoms with Crippen molar-refractivity contribution in [1.82, 2.24) is 28.7 Å². The number of hydrogen-bond donors (Lipinski definition) is 0. The smallest absolute Gasteiger partial charge is 0.164 e. The molecule has 0 N–H and O–H groups in total. The number of fused-ring (bicyclic) bond motifs is 9. The lowest BCUT2D eigenvalue weighted by molar-refractivity contribution is 1.07. The van der Waals surface area contributed by atoms with E-state index >= 15 is 0 Å². The highest BCUT2D eigenvalue weighted by Crippen LogP contribution is 2.40. The monoisotopic (exact) mass is 956 g/mol. The Labute approximate surface area is 432 Å². The van der Waals surface area contributed by atoms with Gasteiger partial charge in [0.25, 0.3) is 0 Å². The predicted octanol–water partition coefficient (Wildman–Crippen LogP) is 17.5. The largest absolute Gasteiger partial charge is 0.309 e. The van der Waals surface area contributed by atoms with Gasteiger partial charge in [0, 0.05) is 66.1 Å². The minimum absolute atomic E-state index is 0.603. The lowest BCUT2D eigenvalue weighted by Crippen LogP contribution is -2.02. The minimum Gasteiger partial charge on any atom is -0.309 e. The third kappa shape index (κ3) is 7.07. The normalized spacial score (nSPS) is 11.7. The molecule has 0 spiro atoms. The van der Waals surface area contributed by atoms with Gasteiger partial charge in [-0.1, -0.05) is 176 Å². The fourth-order valence-electron chi connectivity index (χ4n) is 11.4. The molecular weight excluding hydrogens is 913 g/mol. The second-order valence-electron chi connectivity index (χ2n) is 19.2. The molecule has 350 valence electrons. The van der Waals surface area contributed by atoms with E-state index in [9.17, 15) is 0 Å². The number of aromatic nitrogens is 6. The molecule has 6 nitrogen and oxygen atoms in total. The maximum Gasteiger partial charge on any atom is 0.164 e. The molecule has 0 aliphatic heterocycles. The first kappa shape index (κ1) is 42.5. The minimum atomic E-state index is 0.603. The van der Waals surface area contributed by atoms with Crippen molar-refractivity contribution in [3.63, 3.8) is 0 Å². The fourth-order valence-corrected chi connectivity index (χ4v) is 11.4. The Morgan fingerprint density at radius 2 is 0.520 bits per heavy atom. The van der Waals surface area contributed by atoms with Crippen LogP contribution < -0.4 is 0 Å². The molecule has 0 aliphatic rings. The summed E-state index contributed by atoms with van der Waals surface area (Å²) < 4.78 is 7.14. The predicted molar refractivity (Wildman–Crippen MR) is 310 cm³/mol. The van der Waals surface area contributed by atoms with Gasteiger partial charge in [0.1, 0.15) is 0 Å². The summed E-state index contributed by atoms with van der Waals surface area (Å²) in [6.07, 6.45) is 0. The molecule has 75 heavy (non-hydrogen) atoms. The van der Waals surface area contributed by atoms with E-state index in [2.05, 4.69) is 244 Å². The Kier molecular flexibility index (Phi) is 9.78. The highest BCUT2D eigenvalue weighted by molar-refractivity contribution is 6.13. The topological polar surface area (TPSA) is 53.5 Å². The average molecular weight is 957 g/mol. The van der Waals surface area contributed by atoms with Crippen LogP contribution >= 0.6 is 0 Å². The van der Waals surface area contributed by atoms with Crippen molar-refractivity contribution >= 4 is 65.4 Å². The molecule has 0 saturated heterocycles. The molecular formula is C69H44N6. The van der Waals surface area contributed by atoms with E-state index in [4.69, 9.17) is 15.0 Å². The van der Waals surface area contributed by atoms with Crippen molar-refractivity contribution in [1.29, 1.82) is 0 Å². The fraction of sp³-hybridized carbons (Fsp3) is 0. The quantitative estimate of drug-likeness (QED) is 0.152. The second kappa shape index (κ2) is 17.3. The van der Waals surface area contributed by atoms with Crippen LogP contribution in [0.25, 0.3) is 139 Å². The molecule has 0 bridgehead atoms. The molecule has 15 rings (SSSR count). The molecule has 0 unspecified atom stereocenters.